The summed E-state index contributed by atoms with van der Waals surface area (Å²) in [6, 6.07) is 8.81. The molecule has 54 heavy (non-hydrogen) atoms. The number of benzene rings is 2. The van der Waals surface area contributed by atoms with Crippen LogP contribution in [-0.2, 0) is 25.6 Å². The first kappa shape index (κ1) is 35.4. The number of carbonyl (C=O) groups excluding carboxylic acids is 6. The molecule has 4 aliphatic rings. The topological polar surface area (TPSA) is 159 Å². The fraction of sp³-hybridized carbons (Fsp3) is 0.342. The van der Waals surface area contributed by atoms with Crippen LogP contribution in [0.2, 0.25) is 5.02 Å². The van der Waals surface area contributed by atoms with Crippen LogP contribution in [0.5, 0.6) is 0 Å². The maximum absolute atomic E-state index is 15.4. The molecule has 2 N–H and O–H groups in total. The molecule has 4 aliphatic heterocycles. The quantitative estimate of drug-likeness (QED) is 0.271. The first-order valence-electron chi connectivity index (χ1n) is 17.9. The minimum atomic E-state index is -1.15. The van der Waals surface area contributed by atoms with Gasteiger partial charge in [-0.25, -0.2) is 9.37 Å². The van der Waals surface area contributed by atoms with Crippen LogP contribution in [0.1, 0.15) is 46.0 Å². The first-order valence-corrected chi connectivity index (χ1v) is 18.3. The lowest BCUT2D eigenvalue weighted by Crippen LogP contribution is -2.55. The average Bonchev–Trinajstić information content (AvgIpc) is 3.69. The van der Waals surface area contributed by atoms with Crippen molar-refractivity contribution < 1.29 is 33.2 Å². The van der Waals surface area contributed by atoms with Gasteiger partial charge in [-0.2, -0.15) is 0 Å². The Balaban J connectivity index is 0.874. The Labute approximate surface area is 313 Å². The lowest BCUT2D eigenvalue weighted by atomic mass is 10.0. The summed E-state index contributed by atoms with van der Waals surface area (Å²) in [7, 11) is 0. The second-order valence-electron chi connectivity index (χ2n) is 13.8. The zero-order chi connectivity index (χ0) is 37.8. The minimum Gasteiger partial charge on any atom is -0.366 e. The van der Waals surface area contributed by atoms with Gasteiger partial charge in [0.05, 0.1) is 34.9 Å². The molecule has 8 rings (SSSR count). The summed E-state index contributed by atoms with van der Waals surface area (Å²) >= 11 is 6.87. The Morgan fingerprint density at radius 3 is 2.44 bits per heavy atom. The number of nitrogens with zero attached hydrogens (tertiary/aromatic N) is 6. The maximum atomic E-state index is 15.4. The van der Waals surface area contributed by atoms with Gasteiger partial charge in [-0.05, 0) is 48.2 Å². The van der Waals surface area contributed by atoms with Gasteiger partial charge in [-0.15, -0.1) is 0 Å². The molecule has 0 saturated carbocycles. The minimum absolute atomic E-state index is 0.000491. The summed E-state index contributed by atoms with van der Waals surface area (Å²) in [4.78, 5) is 92.5. The summed E-state index contributed by atoms with van der Waals surface area (Å²) in [5, 5.41) is 3.64. The number of halogens is 2. The fourth-order valence-corrected chi connectivity index (χ4v) is 8.15. The SMILES string of the molecule is CCc1c[nH]c2ncc(-c3cccc(N4CCN(CC(=O)N5CCN(c6cc7c(cc6F)C(=O)N(C6CCC(=O)NC6=O)C7=O)CC5)CC4=O)c3)c(Cl)c12. The molecule has 1 unspecified atom stereocenters. The number of piperazine rings is 2. The van der Waals surface area contributed by atoms with Crippen LogP contribution in [0.4, 0.5) is 15.8 Å². The number of imide groups is 2. The van der Waals surface area contributed by atoms with Crippen molar-refractivity contribution >= 4 is 69.5 Å². The van der Waals surface area contributed by atoms with Crippen LogP contribution in [0.3, 0.4) is 0 Å². The second-order valence-corrected chi connectivity index (χ2v) is 14.2. The van der Waals surface area contributed by atoms with Crippen molar-refractivity contribution in [3.63, 3.8) is 0 Å². The van der Waals surface area contributed by atoms with Crippen LogP contribution >= 0.6 is 11.6 Å². The van der Waals surface area contributed by atoms with E-state index in [1.807, 2.05) is 35.4 Å². The largest absolute Gasteiger partial charge is 0.366 e. The second kappa shape index (κ2) is 14.0. The number of piperidine rings is 1. The maximum Gasteiger partial charge on any atom is 0.262 e. The standard InChI is InChI=1S/C38H36ClFN8O6/c1-2-21-17-41-35-33(21)34(39)26(18-42-35)22-4-3-5-23(14-22)47-13-8-44(20-32(47)51)19-31(50)46-11-9-45(10-12-46)29-16-25-24(15-27(29)40)37(53)48(38(25)54)28-6-7-30(49)43-36(28)52/h3-5,14-18,28H,2,6-13,19-20H2,1H3,(H,41,42)(H,43,49,52). The highest BCUT2D eigenvalue weighted by molar-refractivity contribution is 6.38. The number of rotatable bonds is 7. The van der Waals surface area contributed by atoms with E-state index in [0.29, 0.717) is 18.1 Å². The predicted octanol–water partition coefficient (Wildman–Crippen LogP) is 2.98. The van der Waals surface area contributed by atoms with Crippen molar-refractivity contribution in [1.29, 1.82) is 0 Å². The van der Waals surface area contributed by atoms with Crippen LogP contribution in [0.15, 0.2) is 48.8 Å². The Kier molecular flexibility index (Phi) is 9.14. The van der Waals surface area contributed by atoms with E-state index < -0.39 is 35.5 Å². The van der Waals surface area contributed by atoms with Crippen molar-refractivity contribution in [3.8, 4) is 11.1 Å². The third kappa shape index (κ3) is 6.16. The van der Waals surface area contributed by atoms with Gasteiger partial charge in [-0.3, -0.25) is 43.9 Å². The van der Waals surface area contributed by atoms with Crippen LogP contribution in [-0.4, -0.2) is 119 Å². The number of aromatic amines is 1. The van der Waals surface area contributed by atoms with E-state index in [2.05, 4.69) is 22.2 Å². The van der Waals surface area contributed by atoms with Crippen LogP contribution in [0.25, 0.3) is 22.2 Å². The highest BCUT2D eigenvalue weighted by atomic mass is 35.5. The highest BCUT2D eigenvalue weighted by Crippen LogP contribution is 2.37. The Morgan fingerprint density at radius 1 is 0.963 bits per heavy atom. The van der Waals surface area contributed by atoms with Gasteiger partial charge < -0.3 is 19.7 Å². The summed E-state index contributed by atoms with van der Waals surface area (Å²) in [5.74, 6) is -3.71. The number of amides is 6. The fourth-order valence-electron chi connectivity index (χ4n) is 7.78. The normalized spacial score (nSPS) is 19.6. The van der Waals surface area contributed by atoms with Gasteiger partial charge in [0, 0.05) is 74.7 Å². The molecular formula is C38H36ClFN8O6. The van der Waals surface area contributed by atoms with E-state index >= 15 is 4.39 Å². The molecule has 6 amide bonds. The number of aryl methyl sites for hydroxylation is 1. The molecule has 3 saturated heterocycles. The third-order valence-corrected chi connectivity index (χ3v) is 11.1. The van der Waals surface area contributed by atoms with E-state index in [-0.39, 0.29) is 80.7 Å². The van der Waals surface area contributed by atoms with E-state index in [9.17, 15) is 28.8 Å². The van der Waals surface area contributed by atoms with E-state index in [0.717, 1.165) is 50.8 Å². The van der Waals surface area contributed by atoms with Crippen molar-refractivity contribution in [2.24, 2.45) is 0 Å². The van der Waals surface area contributed by atoms with Crippen LogP contribution < -0.4 is 15.1 Å². The molecule has 278 valence electrons. The Bertz CT molecular complexity index is 2270. The Morgan fingerprint density at radius 2 is 1.72 bits per heavy atom. The summed E-state index contributed by atoms with van der Waals surface area (Å²) in [6.07, 6.45) is 4.43. The predicted molar refractivity (Wildman–Crippen MR) is 197 cm³/mol. The van der Waals surface area contributed by atoms with Crippen molar-refractivity contribution in [2.45, 2.75) is 32.2 Å². The van der Waals surface area contributed by atoms with Gasteiger partial charge in [0.25, 0.3) is 11.8 Å². The van der Waals surface area contributed by atoms with Crippen molar-refractivity contribution in [1.82, 2.24) is 30.0 Å². The van der Waals surface area contributed by atoms with Gasteiger partial charge in [0.1, 0.15) is 17.5 Å². The lowest BCUT2D eigenvalue weighted by molar-refractivity contribution is -0.136. The van der Waals surface area contributed by atoms with Gasteiger partial charge in [-0.1, -0.05) is 30.7 Å². The molecule has 0 radical (unpaired) electrons. The summed E-state index contributed by atoms with van der Waals surface area (Å²) in [6.45, 7) is 4.19. The number of nitrogens with one attached hydrogen (secondary N) is 2. The Hall–Kier alpha value is -5.67. The smallest absolute Gasteiger partial charge is 0.262 e. The molecule has 0 bridgehead atoms. The molecule has 2 aromatic heterocycles. The number of pyridine rings is 1. The number of anilines is 2. The number of hydrogen-bond donors (Lipinski definition) is 2. The molecule has 4 aromatic rings. The number of aromatic nitrogens is 2. The highest BCUT2D eigenvalue weighted by Gasteiger charge is 2.45. The van der Waals surface area contributed by atoms with E-state index in [4.69, 9.17) is 11.6 Å². The monoisotopic (exact) mass is 754 g/mol. The van der Waals surface area contributed by atoms with E-state index in [1.54, 1.807) is 20.9 Å². The summed E-state index contributed by atoms with van der Waals surface area (Å²) < 4.78 is 15.4. The molecule has 0 aliphatic carbocycles. The molecular weight excluding hydrogens is 719 g/mol. The van der Waals surface area contributed by atoms with Crippen molar-refractivity contribution in [2.75, 3.05) is 62.2 Å². The lowest BCUT2D eigenvalue weighted by Gasteiger charge is -2.38. The molecule has 3 fully saturated rings. The number of H-pyrrole nitrogens is 1. The third-order valence-electron chi connectivity index (χ3n) is 10.7. The molecule has 6 heterocycles. The van der Waals surface area contributed by atoms with Gasteiger partial charge in [0.15, 0.2) is 0 Å². The zero-order valence-corrected chi connectivity index (χ0v) is 30.1. The summed E-state index contributed by atoms with van der Waals surface area (Å²) in [5.41, 5.74) is 4.12. The molecule has 14 nitrogen and oxygen atoms in total. The number of hydrogen-bond acceptors (Lipinski definition) is 9. The zero-order valence-electron chi connectivity index (χ0n) is 29.4. The molecule has 1 atom stereocenters. The molecule has 16 heteroatoms. The molecule has 2 aromatic carbocycles. The van der Waals surface area contributed by atoms with Crippen LogP contribution in [0, 0.1) is 5.82 Å². The van der Waals surface area contributed by atoms with Crippen molar-refractivity contribution in [3.05, 3.63) is 76.3 Å². The first-order chi connectivity index (χ1) is 26.0. The number of fused-ring (bicyclic) bond motifs is 2. The van der Waals surface area contributed by atoms with Gasteiger partial charge >= 0.3 is 0 Å². The average molecular weight is 755 g/mol. The number of carbonyl (C=O) groups is 6. The molecule has 0 spiro atoms. The van der Waals surface area contributed by atoms with E-state index in [1.165, 1.54) is 6.07 Å². The van der Waals surface area contributed by atoms with Gasteiger partial charge in [0.2, 0.25) is 23.6 Å².